The summed E-state index contributed by atoms with van der Waals surface area (Å²) in [6.45, 7) is 19.9. The smallest absolute Gasteiger partial charge is 0.306 e. The molecule has 198 valence electrons. The highest BCUT2D eigenvalue weighted by atomic mass is 16.4. The summed E-state index contributed by atoms with van der Waals surface area (Å²) in [6, 6.07) is 0. The topological polar surface area (TPSA) is 77.8 Å². The molecule has 0 spiro atoms. The molecule has 0 saturated heterocycles. The van der Waals surface area contributed by atoms with E-state index in [1.165, 1.54) is 11.1 Å². The molecule has 0 amide bonds. The van der Waals surface area contributed by atoms with Gasteiger partial charge in [0.2, 0.25) is 0 Å². The lowest BCUT2D eigenvalue weighted by molar-refractivity contribution is -0.147. The first-order valence-corrected chi connectivity index (χ1v) is 14.1. The number of hydrogen-bond acceptors (Lipinski definition) is 3. The highest BCUT2D eigenvalue weighted by Crippen LogP contribution is 2.72. The third-order valence-electron chi connectivity index (χ3n) is 12.3. The Balaban J connectivity index is 1.72. The third-order valence-corrected chi connectivity index (χ3v) is 12.3. The van der Waals surface area contributed by atoms with Crippen LogP contribution in [0.5, 0.6) is 0 Å². The van der Waals surface area contributed by atoms with Crippen molar-refractivity contribution in [1.82, 2.24) is 0 Å². The fraction of sp³-hybridized carbons (Fsp3) is 0.839. The summed E-state index contributed by atoms with van der Waals surface area (Å²) in [4.78, 5) is 12.6. The van der Waals surface area contributed by atoms with E-state index in [1.807, 2.05) is 0 Å². The van der Waals surface area contributed by atoms with Crippen LogP contribution < -0.4 is 0 Å². The summed E-state index contributed by atoms with van der Waals surface area (Å²) >= 11 is 0. The van der Waals surface area contributed by atoms with Crippen LogP contribution in [0.1, 0.15) is 106 Å². The number of carboxylic acids is 1. The van der Waals surface area contributed by atoms with Gasteiger partial charge in [0.15, 0.2) is 0 Å². The van der Waals surface area contributed by atoms with E-state index in [2.05, 4.69) is 55.0 Å². The van der Waals surface area contributed by atoms with E-state index < -0.39 is 18.0 Å². The molecule has 0 radical (unpaired) electrons. The first-order valence-electron chi connectivity index (χ1n) is 14.1. The molecular weight excluding hydrogens is 436 g/mol. The van der Waals surface area contributed by atoms with E-state index in [4.69, 9.17) is 0 Å². The van der Waals surface area contributed by atoms with Crippen molar-refractivity contribution in [3.63, 3.8) is 0 Å². The van der Waals surface area contributed by atoms with Gasteiger partial charge in [0.05, 0.1) is 18.1 Å². The zero-order chi connectivity index (χ0) is 26.1. The van der Waals surface area contributed by atoms with E-state index in [-0.39, 0.29) is 33.7 Å². The van der Waals surface area contributed by atoms with Gasteiger partial charge >= 0.3 is 5.97 Å². The zero-order valence-corrected chi connectivity index (χ0v) is 23.3. The first-order chi connectivity index (χ1) is 16.1. The molecule has 8 atom stereocenters. The Kier molecular flexibility index (Phi) is 6.71. The molecule has 4 aliphatic carbocycles. The summed E-state index contributed by atoms with van der Waals surface area (Å²) in [5.74, 6) is -0.415. The standard InChI is InChI=1S/C31H50O4/c1-18(2)19(3)9-10-20(27(34)35)23-17-26(33)31(8)22-11-12-24-28(4,5)25(32)14-15-29(24,6)21(22)13-16-30(23,31)7/h18,20,23-26,32-33H,3,9-17H2,1-2,4-8H3,(H,34,35)/t20-,23-,24+,25+,26-,29-,30+,31-/m0/s1. The molecule has 4 heteroatoms. The highest BCUT2D eigenvalue weighted by molar-refractivity contribution is 5.71. The van der Waals surface area contributed by atoms with E-state index in [1.54, 1.807) is 0 Å². The Bertz CT molecular complexity index is 915. The van der Waals surface area contributed by atoms with Crippen LogP contribution in [0.25, 0.3) is 0 Å². The number of allylic oxidation sites excluding steroid dienone is 2. The predicted molar refractivity (Wildman–Crippen MR) is 141 cm³/mol. The molecular formula is C31H50O4. The molecule has 4 aliphatic rings. The fourth-order valence-electron chi connectivity index (χ4n) is 9.49. The Morgan fingerprint density at radius 2 is 1.66 bits per heavy atom. The van der Waals surface area contributed by atoms with E-state index in [0.717, 1.165) is 50.5 Å². The molecule has 35 heavy (non-hydrogen) atoms. The fourth-order valence-corrected chi connectivity index (χ4v) is 9.49. The van der Waals surface area contributed by atoms with Gasteiger partial charge in [0, 0.05) is 5.41 Å². The van der Waals surface area contributed by atoms with Gasteiger partial charge in [0.1, 0.15) is 0 Å². The summed E-state index contributed by atoms with van der Waals surface area (Å²) in [5, 5.41) is 32.8. The van der Waals surface area contributed by atoms with Gasteiger partial charge < -0.3 is 15.3 Å². The molecule has 2 saturated carbocycles. The summed E-state index contributed by atoms with van der Waals surface area (Å²) in [7, 11) is 0. The number of aliphatic carboxylic acids is 1. The van der Waals surface area contributed by atoms with Gasteiger partial charge in [-0.3, -0.25) is 4.79 Å². The molecule has 0 heterocycles. The maximum absolute atomic E-state index is 12.6. The first kappa shape index (κ1) is 26.9. The number of rotatable bonds is 6. The van der Waals surface area contributed by atoms with Gasteiger partial charge in [0.25, 0.3) is 0 Å². The number of aliphatic hydroxyl groups excluding tert-OH is 2. The minimum Gasteiger partial charge on any atom is -0.481 e. The molecule has 4 rings (SSSR count). The lowest BCUT2D eigenvalue weighted by Gasteiger charge is -2.62. The van der Waals surface area contributed by atoms with Crippen molar-refractivity contribution in [1.29, 1.82) is 0 Å². The Morgan fingerprint density at radius 1 is 1.00 bits per heavy atom. The Labute approximate surface area is 213 Å². The largest absolute Gasteiger partial charge is 0.481 e. The van der Waals surface area contributed by atoms with Crippen LogP contribution in [0.15, 0.2) is 23.3 Å². The number of carboxylic acid groups (broad SMARTS) is 1. The van der Waals surface area contributed by atoms with Crippen molar-refractivity contribution in [3.05, 3.63) is 23.3 Å². The lowest BCUT2D eigenvalue weighted by atomic mass is 9.43. The van der Waals surface area contributed by atoms with Gasteiger partial charge in [-0.25, -0.2) is 0 Å². The van der Waals surface area contributed by atoms with Crippen LogP contribution in [-0.2, 0) is 4.79 Å². The maximum atomic E-state index is 12.6. The van der Waals surface area contributed by atoms with Crippen molar-refractivity contribution in [2.75, 3.05) is 0 Å². The van der Waals surface area contributed by atoms with Crippen LogP contribution >= 0.6 is 0 Å². The minimum absolute atomic E-state index is 0.0378. The van der Waals surface area contributed by atoms with Crippen molar-refractivity contribution >= 4 is 5.97 Å². The quantitative estimate of drug-likeness (QED) is 0.362. The van der Waals surface area contributed by atoms with Crippen molar-refractivity contribution < 1.29 is 20.1 Å². The number of fused-ring (bicyclic) bond motifs is 4. The maximum Gasteiger partial charge on any atom is 0.306 e. The van der Waals surface area contributed by atoms with Crippen LogP contribution in [0.2, 0.25) is 0 Å². The van der Waals surface area contributed by atoms with E-state index >= 15 is 0 Å². The summed E-state index contributed by atoms with van der Waals surface area (Å²) < 4.78 is 0. The molecule has 4 nitrogen and oxygen atoms in total. The van der Waals surface area contributed by atoms with Crippen LogP contribution in [0.3, 0.4) is 0 Å². The highest BCUT2D eigenvalue weighted by Gasteiger charge is 2.67. The van der Waals surface area contributed by atoms with Gasteiger partial charge in [-0.1, -0.05) is 71.8 Å². The molecule has 0 aliphatic heterocycles. The lowest BCUT2D eigenvalue weighted by Crippen LogP contribution is -2.56. The zero-order valence-electron chi connectivity index (χ0n) is 23.3. The summed E-state index contributed by atoms with van der Waals surface area (Å²) in [6.07, 6.45) is 6.90. The minimum atomic E-state index is -0.720. The molecule has 0 aromatic rings. The Hall–Kier alpha value is -1.13. The second-order valence-electron chi connectivity index (χ2n) is 14.1. The summed E-state index contributed by atoms with van der Waals surface area (Å²) in [5.41, 5.74) is 3.40. The number of carbonyl (C=O) groups is 1. The third kappa shape index (κ3) is 3.71. The van der Waals surface area contributed by atoms with Crippen molar-refractivity contribution in [2.45, 2.75) is 118 Å². The molecule has 0 unspecified atom stereocenters. The SMILES string of the molecule is C=C(CC[C@H](C(=O)O)[C@@H]1C[C@H](O)[C@]2(C)C3=C(CC[C@]12C)[C@]1(C)CC[C@@H](O)C(C)(C)[C@H]1CC3)C(C)C. The number of hydrogen-bond donors (Lipinski definition) is 3. The Morgan fingerprint density at radius 3 is 2.26 bits per heavy atom. The van der Waals surface area contributed by atoms with Crippen molar-refractivity contribution in [3.8, 4) is 0 Å². The molecule has 2 fully saturated rings. The van der Waals surface area contributed by atoms with Crippen LogP contribution in [-0.4, -0.2) is 33.5 Å². The molecule has 3 N–H and O–H groups in total. The number of aliphatic hydroxyl groups is 2. The monoisotopic (exact) mass is 486 g/mol. The predicted octanol–water partition coefficient (Wildman–Crippen LogP) is 6.76. The second-order valence-corrected chi connectivity index (χ2v) is 14.1. The molecule has 0 aromatic carbocycles. The molecule has 0 aromatic heterocycles. The molecule has 0 bridgehead atoms. The van der Waals surface area contributed by atoms with Crippen molar-refractivity contribution in [2.24, 2.45) is 45.3 Å². The van der Waals surface area contributed by atoms with E-state index in [0.29, 0.717) is 24.7 Å². The van der Waals surface area contributed by atoms with Crippen LogP contribution in [0.4, 0.5) is 0 Å². The van der Waals surface area contributed by atoms with Gasteiger partial charge in [-0.05, 0) is 91.8 Å². The van der Waals surface area contributed by atoms with Crippen LogP contribution in [0, 0.1) is 45.3 Å². The average molecular weight is 487 g/mol. The van der Waals surface area contributed by atoms with E-state index in [9.17, 15) is 20.1 Å². The van der Waals surface area contributed by atoms with Gasteiger partial charge in [-0.15, -0.1) is 0 Å². The second kappa shape index (κ2) is 8.72. The average Bonchev–Trinajstić information content (AvgIpc) is 2.98. The van der Waals surface area contributed by atoms with Gasteiger partial charge in [-0.2, -0.15) is 0 Å². The normalized spacial score (nSPS) is 43.4.